The number of ether oxygens (including phenoxy) is 1. The maximum atomic E-state index is 12.7. The van der Waals surface area contributed by atoms with Gasteiger partial charge in [-0.1, -0.05) is 0 Å². The van der Waals surface area contributed by atoms with Gasteiger partial charge in [0.05, 0.1) is 18.9 Å². The van der Waals surface area contributed by atoms with Crippen LogP contribution in [0.15, 0.2) is 6.07 Å². The molecule has 1 atom stereocenters. The smallest absolute Gasteiger partial charge is 0.393 e. The van der Waals surface area contributed by atoms with Gasteiger partial charge in [-0.3, -0.25) is 0 Å². The average molecular weight is 372 g/mol. The van der Waals surface area contributed by atoms with Gasteiger partial charge in [-0.25, -0.2) is 0 Å². The number of methoxy groups -OCH3 is 1. The summed E-state index contributed by atoms with van der Waals surface area (Å²) in [6, 6.07) is 2.00. The van der Waals surface area contributed by atoms with Crippen LogP contribution in [-0.4, -0.2) is 42.4 Å². The summed E-state index contributed by atoms with van der Waals surface area (Å²) < 4.78 is 43.3. The quantitative estimate of drug-likeness (QED) is 0.897. The van der Waals surface area contributed by atoms with E-state index in [1.165, 1.54) is 7.11 Å². The number of hydrogen-bond acceptors (Lipinski definition) is 6. The minimum Gasteiger partial charge on any atom is -0.467 e. The second-order valence-corrected chi connectivity index (χ2v) is 8.23. The summed E-state index contributed by atoms with van der Waals surface area (Å²) in [6.45, 7) is 1.67. The highest BCUT2D eigenvalue weighted by molar-refractivity contribution is 7.18. The fraction of sp³-hybridized carbons (Fsp3) is 0.625. The van der Waals surface area contributed by atoms with Gasteiger partial charge in [0.1, 0.15) is 10.6 Å². The zero-order chi connectivity index (χ0) is 17.8. The highest BCUT2D eigenvalue weighted by Gasteiger charge is 2.48. The Morgan fingerprint density at radius 2 is 2.16 bits per heavy atom. The zero-order valence-electron chi connectivity index (χ0n) is 13.8. The van der Waals surface area contributed by atoms with Gasteiger partial charge in [0, 0.05) is 29.4 Å². The Labute approximate surface area is 147 Å². The van der Waals surface area contributed by atoms with Crippen LogP contribution in [0.1, 0.15) is 24.1 Å². The molecular formula is C16H19F3N4OS. The second-order valence-electron chi connectivity index (χ2n) is 7.12. The van der Waals surface area contributed by atoms with Crippen molar-refractivity contribution in [2.24, 2.45) is 11.1 Å². The maximum absolute atomic E-state index is 12.7. The molecule has 3 heterocycles. The van der Waals surface area contributed by atoms with Crippen LogP contribution in [0.5, 0.6) is 6.01 Å². The molecule has 1 spiro atoms. The fourth-order valence-corrected chi connectivity index (χ4v) is 5.05. The van der Waals surface area contributed by atoms with Crippen molar-refractivity contribution in [3.8, 4) is 6.01 Å². The van der Waals surface area contributed by atoms with Crippen molar-refractivity contribution in [1.82, 2.24) is 9.97 Å². The topological polar surface area (TPSA) is 64.3 Å². The first-order valence-corrected chi connectivity index (χ1v) is 9.00. The van der Waals surface area contributed by atoms with Crippen LogP contribution >= 0.6 is 11.3 Å². The SMILES string of the molecule is COc1nc(N2CC3(CCC(N)C3)C2)c2cc(CC(F)(F)F)sc2n1. The molecule has 1 unspecified atom stereocenters. The largest absolute Gasteiger partial charge is 0.467 e. The van der Waals surface area contributed by atoms with Crippen molar-refractivity contribution in [3.05, 3.63) is 10.9 Å². The summed E-state index contributed by atoms with van der Waals surface area (Å²) >= 11 is 1.05. The molecular weight excluding hydrogens is 353 g/mol. The van der Waals surface area contributed by atoms with E-state index in [2.05, 4.69) is 14.9 Å². The number of alkyl halides is 3. The summed E-state index contributed by atoms with van der Waals surface area (Å²) in [5, 5.41) is 0.669. The third-order valence-electron chi connectivity index (χ3n) is 5.05. The molecule has 2 aromatic heterocycles. The van der Waals surface area contributed by atoms with Crippen LogP contribution < -0.4 is 15.4 Å². The first kappa shape index (κ1) is 16.8. The van der Waals surface area contributed by atoms with Gasteiger partial charge >= 0.3 is 12.2 Å². The number of rotatable bonds is 3. The van der Waals surface area contributed by atoms with Crippen molar-refractivity contribution in [2.45, 2.75) is 37.9 Å². The van der Waals surface area contributed by atoms with E-state index in [0.29, 0.717) is 16.0 Å². The lowest BCUT2D eigenvalue weighted by Gasteiger charge is -2.49. The normalized spacial score (nSPS) is 22.6. The number of halogens is 3. The molecule has 25 heavy (non-hydrogen) atoms. The van der Waals surface area contributed by atoms with Gasteiger partial charge < -0.3 is 15.4 Å². The van der Waals surface area contributed by atoms with Gasteiger partial charge in [0.2, 0.25) is 0 Å². The van der Waals surface area contributed by atoms with Gasteiger partial charge in [0.25, 0.3) is 0 Å². The highest BCUT2D eigenvalue weighted by atomic mass is 32.1. The molecule has 0 bridgehead atoms. The molecule has 136 valence electrons. The number of nitrogens with two attached hydrogens (primary N) is 1. The lowest BCUT2D eigenvalue weighted by Crippen LogP contribution is -2.56. The monoisotopic (exact) mass is 372 g/mol. The molecule has 0 amide bonds. The summed E-state index contributed by atoms with van der Waals surface area (Å²) in [5.74, 6) is 0.664. The van der Waals surface area contributed by atoms with Crippen molar-refractivity contribution in [2.75, 3.05) is 25.1 Å². The van der Waals surface area contributed by atoms with Crippen molar-refractivity contribution in [3.63, 3.8) is 0 Å². The molecule has 2 N–H and O–H groups in total. The van der Waals surface area contributed by atoms with Crippen LogP contribution in [0.25, 0.3) is 10.2 Å². The van der Waals surface area contributed by atoms with Gasteiger partial charge in [0.15, 0.2) is 0 Å². The lowest BCUT2D eigenvalue weighted by atomic mass is 9.78. The molecule has 2 fully saturated rings. The Kier molecular flexibility index (Phi) is 3.84. The molecule has 1 saturated heterocycles. The molecule has 4 rings (SSSR count). The van der Waals surface area contributed by atoms with Crippen molar-refractivity contribution >= 4 is 27.4 Å². The zero-order valence-corrected chi connectivity index (χ0v) is 14.6. The van der Waals surface area contributed by atoms with E-state index in [9.17, 15) is 13.2 Å². The van der Waals surface area contributed by atoms with E-state index < -0.39 is 12.6 Å². The number of aromatic nitrogens is 2. The van der Waals surface area contributed by atoms with E-state index in [1.807, 2.05) is 0 Å². The van der Waals surface area contributed by atoms with Gasteiger partial charge in [-0.15, -0.1) is 11.3 Å². The molecule has 1 aliphatic carbocycles. The molecule has 5 nitrogen and oxygen atoms in total. The number of hydrogen-bond donors (Lipinski definition) is 1. The molecule has 9 heteroatoms. The minimum atomic E-state index is -4.24. The number of thiophene rings is 1. The van der Waals surface area contributed by atoms with E-state index in [4.69, 9.17) is 10.5 Å². The predicted octanol–water partition coefficient (Wildman–Crippen LogP) is 3.12. The van der Waals surface area contributed by atoms with Gasteiger partial charge in [-0.05, 0) is 25.3 Å². The van der Waals surface area contributed by atoms with E-state index >= 15 is 0 Å². The van der Waals surface area contributed by atoms with E-state index in [-0.39, 0.29) is 22.3 Å². The van der Waals surface area contributed by atoms with Crippen LogP contribution in [0, 0.1) is 5.41 Å². The molecule has 1 aliphatic heterocycles. The van der Waals surface area contributed by atoms with Crippen LogP contribution in [0.3, 0.4) is 0 Å². The fourth-order valence-electron chi connectivity index (χ4n) is 4.01. The van der Waals surface area contributed by atoms with Crippen LogP contribution in [-0.2, 0) is 6.42 Å². The summed E-state index contributed by atoms with van der Waals surface area (Å²) in [7, 11) is 1.46. The van der Waals surface area contributed by atoms with Gasteiger partial charge in [-0.2, -0.15) is 23.1 Å². The Morgan fingerprint density at radius 3 is 2.76 bits per heavy atom. The summed E-state index contributed by atoms with van der Waals surface area (Å²) in [4.78, 5) is 11.5. The second kappa shape index (κ2) is 5.70. The summed E-state index contributed by atoms with van der Waals surface area (Å²) in [6.07, 6.45) is -2.06. The van der Waals surface area contributed by atoms with E-state index in [0.717, 1.165) is 43.7 Å². The third kappa shape index (κ3) is 3.15. The third-order valence-corrected chi connectivity index (χ3v) is 6.08. The Balaban J connectivity index is 1.65. The molecule has 0 aromatic carbocycles. The highest BCUT2D eigenvalue weighted by Crippen LogP contribution is 2.48. The first-order chi connectivity index (χ1) is 11.8. The molecule has 2 aromatic rings. The standard InChI is InChI=1S/C16H19F3N4OS/c1-24-14-21-12(23-7-15(8-23)3-2-9(20)5-15)11-4-10(6-16(17,18)19)25-13(11)22-14/h4,9H,2-3,5-8,20H2,1H3. The summed E-state index contributed by atoms with van der Waals surface area (Å²) in [5.41, 5.74) is 6.26. The van der Waals surface area contributed by atoms with Crippen LogP contribution in [0.4, 0.5) is 19.0 Å². The Hall–Kier alpha value is -1.61. The Morgan fingerprint density at radius 1 is 1.40 bits per heavy atom. The van der Waals surface area contributed by atoms with Crippen LogP contribution in [0.2, 0.25) is 0 Å². The first-order valence-electron chi connectivity index (χ1n) is 8.19. The lowest BCUT2D eigenvalue weighted by molar-refractivity contribution is -0.126. The minimum absolute atomic E-state index is 0.187. The van der Waals surface area contributed by atoms with E-state index in [1.54, 1.807) is 6.07 Å². The predicted molar refractivity (Wildman–Crippen MR) is 90.2 cm³/mol. The molecule has 1 saturated carbocycles. The van der Waals surface area contributed by atoms with Crippen molar-refractivity contribution in [1.29, 1.82) is 0 Å². The number of nitrogens with zero attached hydrogens (tertiary/aromatic N) is 3. The average Bonchev–Trinajstić information content (AvgIpc) is 3.05. The Bertz CT molecular complexity index is 801. The maximum Gasteiger partial charge on any atom is 0.393 e. The number of anilines is 1. The molecule has 0 radical (unpaired) electrons. The molecule has 2 aliphatic rings. The van der Waals surface area contributed by atoms with Crippen molar-refractivity contribution < 1.29 is 17.9 Å². The number of fused-ring (bicyclic) bond motifs is 1.